The van der Waals surface area contributed by atoms with Crippen molar-refractivity contribution in [2.45, 2.75) is 36.9 Å². The van der Waals surface area contributed by atoms with Crippen LogP contribution in [0.3, 0.4) is 0 Å². The van der Waals surface area contributed by atoms with Gasteiger partial charge < -0.3 is 19.1 Å². The largest absolute Gasteiger partial charge is 1.00 e. The first-order chi connectivity index (χ1) is 12.8. The molecule has 0 aromatic heterocycles. The van der Waals surface area contributed by atoms with Gasteiger partial charge in [0.25, 0.3) is 0 Å². The van der Waals surface area contributed by atoms with Gasteiger partial charge >= 0.3 is 57.6 Å². The first kappa shape index (κ1) is 26.8. The fraction of sp³-hybridized carbons (Fsp3) is 0.412. The zero-order chi connectivity index (χ0) is 21.3. The van der Waals surface area contributed by atoms with Crippen molar-refractivity contribution < 1.29 is 92.1 Å². The van der Waals surface area contributed by atoms with Gasteiger partial charge in [0.2, 0.25) is 0 Å². The Labute approximate surface area is 212 Å². The van der Waals surface area contributed by atoms with Gasteiger partial charge in [0.15, 0.2) is 9.84 Å². The quantitative estimate of drug-likeness (QED) is 0.322. The van der Waals surface area contributed by atoms with E-state index in [4.69, 9.17) is 11.6 Å². The van der Waals surface area contributed by atoms with Crippen LogP contribution in [0.4, 0.5) is 13.2 Å². The van der Waals surface area contributed by atoms with Crippen molar-refractivity contribution in [3.63, 3.8) is 0 Å². The first-order valence-corrected chi connectivity index (χ1v) is 10.2. The number of sulfone groups is 1. The van der Waals surface area contributed by atoms with Crippen LogP contribution in [0.25, 0.3) is 0 Å². The van der Waals surface area contributed by atoms with E-state index < -0.39 is 62.4 Å². The average Bonchev–Trinajstić information content (AvgIpc) is 2.53. The van der Waals surface area contributed by atoms with Gasteiger partial charge in [0.1, 0.15) is 6.61 Å². The third kappa shape index (κ3) is 6.86. The van der Waals surface area contributed by atoms with Gasteiger partial charge in [-0.05, 0) is 35.8 Å². The summed E-state index contributed by atoms with van der Waals surface area (Å²) in [5.41, 5.74) is -0.700. The molecule has 1 fully saturated rings. The smallest absolute Gasteiger partial charge is 0.367 e. The van der Waals surface area contributed by atoms with Crippen molar-refractivity contribution in [2.24, 2.45) is 0 Å². The molecule has 2 rings (SSSR count). The molecule has 0 unspecified atom stereocenters. The molecular formula is C17H15ClF3KO6S. The summed E-state index contributed by atoms with van der Waals surface area (Å²) in [4.78, 5) is 36.2. The molecular weight excluding hydrogens is 464 g/mol. The van der Waals surface area contributed by atoms with Crippen LogP contribution < -0.4 is 51.4 Å². The van der Waals surface area contributed by atoms with E-state index in [0.29, 0.717) is 6.42 Å². The third-order valence-corrected chi connectivity index (χ3v) is 5.56. The molecule has 12 heteroatoms. The number of Topliss-reactive ketones (excluding diaryl/α,β-unsaturated/α-hetero) is 3. The molecule has 154 valence electrons. The molecule has 1 aliphatic carbocycles. The minimum absolute atomic E-state index is 0. The second kappa shape index (κ2) is 10.4. The van der Waals surface area contributed by atoms with Crippen molar-refractivity contribution >= 4 is 38.8 Å². The number of benzene rings is 1. The van der Waals surface area contributed by atoms with E-state index in [1.54, 1.807) is 0 Å². The maximum Gasteiger partial charge on any atom is 1.00 e. The number of ketones is 3. The summed E-state index contributed by atoms with van der Waals surface area (Å²) in [7, 11) is -3.91. The van der Waals surface area contributed by atoms with E-state index in [0.717, 1.165) is 18.4 Å². The van der Waals surface area contributed by atoms with E-state index in [9.17, 15) is 36.0 Å². The van der Waals surface area contributed by atoms with Crippen molar-refractivity contribution in [1.82, 2.24) is 0 Å². The van der Waals surface area contributed by atoms with E-state index >= 15 is 0 Å². The summed E-state index contributed by atoms with van der Waals surface area (Å²) in [6.45, 7) is -2.49. The molecule has 0 aliphatic heterocycles. The van der Waals surface area contributed by atoms with Gasteiger partial charge in [-0.1, -0.05) is 6.07 Å². The Balaban J connectivity index is 0.00000420. The van der Waals surface area contributed by atoms with Crippen LogP contribution in [0, 0.1) is 5.92 Å². The maximum atomic E-state index is 12.7. The Hall–Kier alpha value is -0.274. The number of carbonyl (C=O) groups is 3. The van der Waals surface area contributed by atoms with Gasteiger partial charge in [-0.25, -0.2) is 8.42 Å². The van der Waals surface area contributed by atoms with Crippen LogP contribution in [0.15, 0.2) is 17.0 Å². The van der Waals surface area contributed by atoms with Gasteiger partial charge in [-0.3, -0.25) is 0 Å². The second-order valence-corrected chi connectivity index (χ2v) is 8.55. The first-order valence-electron chi connectivity index (χ1n) is 7.97. The second-order valence-electron chi connectivity index (χ2n) is 6.19. The van der Waals surface area contributed by atoms with Crippen LogP contribution in [0.5, 0.6) is 0 Å². The zero-order valence-corrected chi connectivity index (χ0v) is 20.3. The average molecular weight is 479 g/mol. The van der Waals surface area contributed by atoms with Crippen molar-refractivity contribution in [3.8, 4) is 0 Å². The van der Waals surface area contributed by atoms with Gasteiger partial charge in [-0.15, -0.1) is 23.2 Å². The minimum Gasteiger partial charge on any atom is -0.367 e. The molecule has 1 aliphatic rings. The molecule has 0 amide bonds. The molecule has 1 aromatic carbocycles. The topological polar surface area (TPSA) is 94.6 Å². The number of hydrogen-bond donors (Lipinski definition) is 0. The molecule has 0 atom stereocenters. The predicted octanol–water partition coefficient (Wildman–Crippen LogP) is -0.0943. The third-order valence-electron chi connectivity index (χ3n) is 3.95. The summed E-state index contributed by atoms with van der Waals surface area (Å²) < 4.78 is 65.3. The van der Waals surface area contributed by atoms with Crippen LogP contribution >= 0.6 is 11.6 Å². The molecule has 0 radical (unpaired) electrons. The number of rotatable bonds is 6. The number of ether oxygens (including phenoxy) is 1. The summed E-state index contributed by atoms with van der Waals surface area (Å²) in [6.07, 6.45) is -3.51. The van der Waals surface area contributed by atoms with Crippen molar-refractivity contribution in [2.75, 3.05) is 12.9 Å². The maximum absolute atomic E-state index is 12.7. The number of halogens is 4. The van der Waals surface area contributed by atoms with Crippen LogP contribution in [0.2, 0.25) is 5.02 Å². The summed E-state index contributed by atoms with van der Waals surface area (Å²) in [6, 6.07) is 2.01. The monoisotopic (exact) mass is 478 g/mol. The SMILES string of the molecule is CS(=O)(=O)c1ccc(C(=O)[C-]2C(=O)CCCC2=O)c(Cl)c1COCC(F)(F)F.[K+]. The van der Waals surface area contributed by atoms with Crippen molar-refractivity contribution in [1.29, 1.82) is 0 Å². The summed E-state index contributed by atoms with van der Waals surface area (Å²) in [5.74, 6) is -2.86. The molecule has 0 spiro atoms. The van der Waals surface area contributed by atoms with Gasteiger partial charge in [0.05, 0.1) is 23.1 Å². The Bertz CT molecular complexity index is 914. The molecule has 29 heavy (non-hydrogen) atoms. The molecule has 1 aromatic rings. The molecule has 6 nitrogen and oxygen atoms in total. The van der Waals surface area contributed by atoms with Crippen LogP contribution in [0.1, 0.15) is 35.2 Å². The predicted molar refractivity (Wildman–Crippen MR) is 91.7 cm³/mol. The Kier molecular flexibility index (Phi) is 9.56. The van der Waals surface area contributed by atoms with Crippen LogP contribution in [-0.4, -0.2) is 44.8 Å². The molecule has 0 heterocycles. The van der Waals surface area contributed by atoms with E-state index in [2.05, 4.69) is 4.74 Å². The minimum atomic E-state index is -4.65. The summed E-state index contributed by atoms with van der Waals surface area (Å²) >= 11 is 6.10. The zero-order valence-electron chi connectivity index (χ0n) is 15.6. The van der Waals surface area contributed by atoms with Crippen molar-refractivity contribution in [3.05, 3.63) is 34.2 Å². The van der Waals surface area contributed by atoms with E-state index in [1.807, 2.05) is 0 Å². The summed E-state index contributed by atoms with van der Waals surface area (Å²) in [5, 5.41) is -0.478. The molecule has 1 saturated carbocycles. The number of hydrogen-bond acceptors (Lipinski definition) is 6. The van der Waals surface area contributed by atoms with Gasteiger partial charge in [0, 0.05) is 12.0 Å². The number of carbonyl (C=O) groups excluding carboxylic acids is 3. The fourth-order valence-corrected chi connectivity index (χ4v) is 4.02. The van der Waals surface area contributed by atoms with E-state index in [1.165, 1.54) is 0 Å². The molecule has 0 bridgehead atoms. The molecule has 0 saturated heterocycles. The standard InChI is InChI=1S/C17H15ClF3O6S.K/c1-28(25,26)13-6-5-9(15(18)10(13)7-27-8-17(19,20)21)16(24)14-11(22)3-2-4-12(14)23;/h5-6H,2-4,7-8H2,1H3;/q-1;+1. The van der Waals surface area contributed by atoms with Crippen LogP contribution in [-0.2, 0) is 30.8 Å². The Morgan fingerprint density at radius 2 is 1.76 bits per heavy atom. The Morgan fingerprint density at radius 3 is 2.24 bits per heavy atom. The van der Waals surface area contributed by atoms with Gasteiger partial charge in [-0.2, -0.15) is 13.2 Å². The fourth-order valence-electron chi connectivity index (χ4n) is 2.73. The molecule has 0 N–H and O–H groups in total. The van der Waals surface area contributed by atoms with E-state index in [-0.39, 0.29) is 75.4 Å². The normalized spacial score (nSPS) is 15.3. The number of alkyl halides is 3. The Morgan fingerprint density at radius 1 is 1.21 bits per heavy atom.